The van der Waals surface area contributed by atoms with Crippen molar-refractivity contribution in [1.29, 1.82) is 0 Å². The van der Waals surface area contributed by atoms with Crippen molar-refractivity contribution >= 4 is 13.5 Å². The molecule has 1 heterocycles. The van der Waals surface area contributed by atoms with E-state index in [1.165, 1.54) is 11.6 Å². The standard InChI is InChI=1S/C6H9N2O6P/c1-7-4-5(8(9)10)3-6(7)14-15(11,12)13-2/h3-4H,1-2H3,(H,11,12). The first-order valence-electron chi connectivity index (χ1n) is 3.74. The summed E-state index contributed by atoms with van der Waals surface area (Å²) < 4.78 is 21.0. The van der Waals surface area contributed by atoms with Crippen molar-refractivity contribution in [3.8, 4) is 5.88 Å². The predicted molar refractivity (Wildman–Crippen MR) is 49.5 cm³/mol. The van der Waals surface area contributed by atoms with Gasteiger partial charge in [0.15, 0.2) is 0 Å². The molecule has 0 bridgehead atoms. The Morgan fingerprint density at radius 1 is 1.67 bits per heavy atom. The van der Waals surface area contributed by atoms with Gasteiger partial charge in [0.1, 0.15) is 0 Å². The highest BCUT2D eigenvalue weighted by atomic mass is 31.2. The normalized spacial score (nSPS) is 14.6. The lowest BCUT2D eigenvalue weighted by Crippen LogP contribution is -1.97. The van der Waals surface area contributed by atoms with Crippen molar-refractivity contribution in [1.82, 2.24) is 4.57 Å². The topological polar surface area (TPSA) is 104 Å². The van der Waals surface area contributed by atoms with E-state index in [0.717, 1.165) is 19.4 Å². The highest BCUT2D eigenvalue weighted by Crippen LogP contribution is 2.43. The minimum Gasteiger partial charge on any atom is -0.387 e. The molecule has 1 unspecified atom stereocenters. The Bertz CT molecular complexity index is 427. The summed E-state index contributed by atoms with van der Waals surface area (Å²) in [7, 11) is -1.74. The molecule has 0 aliphatic carbocycles. The molecule has 1 aromatic heterocycles. The maximum absolute atomic E-state index is 11.0. The molecular formula is C6H9N2O6P. The third-order valence-electron chi connectivity index (χ3n) is 1.60. The van der Waals surface area contributed by atoms with Gasteiger partial charge in [-0.1, -0.05) is 0 Å². The van der Waals surface area contributed by atoms with Crippen LogP contribution in [0.4, 0.5) is 5.69 Å². The molecule has 0 aliphatic heterocycles. The number of phosphoric ester groups is 1. The van der Waals surface area contributed by atoms with Crippen molar-refractivity contribution in [3.63, 3.8) is 0 Å². The summed E-state index contributed by atoms with van der Waals surface area (Å²) in [6.07, 6.45) is 1.16. The molecule has 0 fully saturated rings. The number of aryl methyl sites for hydroxylation is 1. The first-order chi connectivity index (χ1) is 6.85. The zero-order valence-corrected chi connectivity index (χ0v) is 8.88. The second-order valence-electron chi connectivity index (χ2n) is 2.65. The van der Waals surface area contributed by atoms with Crippen LogP contribution in [0.1, 0.15) is 0 Å². The summed E-state index contributed by atoms with van der Waals surface area (Å²) in [4.78, 5) is 18.7. The third kappa shape index (κ3) is 2.79. The molecule has 1 N–H and O–H groups in total. The van der Waals surface area contributed by atoms with Gasteiger partial charge in [0.25, 0.3) is 5.69 Å². The molecule has 9 heteroatoms. The van der Waals surface area contributed by atoms with Crippen LogP contribution in [-0.4, -0.2) is 21.5 Å². The van der Waals surface area contributed by atoms with Gasteiger partial charge in [-0.15, -0.1) is 0 Å². The molecule has 0 aliphatic rings. The molecule has 8 nitrogen and oxygen atoms in total. The van der Waals surface area contributed by atoms with Gasteiger partial charge < -0.3 is 9.09 Å². The van der Waals surface area contributed by atoms with Crippen LogP contribution in [-0.2, 0) is 16.1 Å². The molecule has 0 spiro atoms. The Balaban J connectivity index is 2.96. The van der Waals surface area contributed by atoms with E-state index in [1.807, 2.05) is 0 Å². The van der Waals surface area contributed by atoms with Crippen LogP contribution in [0.5, 0.6) is 5.88 Å². The van der Waals surface area contributed by atoms with Crippen LogP contribution < -0.4 is 4.52 Å². The molecule has 0 saturated heterocycles. The van der Waals surface area contributed by atoms with Crippen molar-refractivity contribution in [2.45, 2.75) is 0 Å². The summed E-state index contributed by atoms with van der Waals surface area (Å²) in [5.41, 5.74) is -0.233. The molecule has 0 radical (unpaired) electrons. The monoisotopic (exact) mass is 236 g/mol. The predicted octanol–water partition coefficient (Wildman–Crippen LogP) is 1.06. The molecule has 1 aromatic rings. The quantitative estimate of drug-likeness (QED) is 0.476. The molecule has 84 valence electrons. The maximum Gasteiger partial charge on any atom is 0.528 e. The van der Waals surface area contributed by atoms with Crippen LogP contribution in [0.25, 0.3) is 0 Å². The number of nitrogens with zero attached hydrogens (tertiary/aromatic N) is 2. The molecule has 0 amide bonds. The number of hydrogen-bond donors (Lipinski definition) is 1. The van der Waals surface area contributed by atoms with E-state index in [2.05, 4.69) is 9.05 Å². The van der Waals surface area contributed by atoms with E-state index in [9.17, 15) is 14.7 Å². The van der Waals surface area contributed by atoms with Crippen molar-refractivity contribution in [2.24, 2.45) is 7.05 Å². The van der Waals surface area contributed by atoms with Crippen LogP contribution >= 0.6 is 7.82 Å². The lowest BCUT2D eigenvalue weighted by atomic mass is 10.5. The van der Waals surface area contributed by atoms with E-state index >= 15 is 0 Å². The van der Waals surface area contributed by atoms with Gasteiger partial charge in [-0.3, -0.25) is 19.5 Å². The largest absolute Gasteiger partial charge is 0.528 e. The second-order valence-corrected chi connectivity index (χ2v) is 4.13. The van der Waals surface area contributed by atoms with Crippen molar-refractivity contribution in [3.05, 3.63) is 22.4 Å². The Hall–Kier alpha value is -1.37. The lowest BCUT2D eigenvalue weighted by molar-refractivity contribution is -0.384. The lowest BCUT2D eigenvalue weighted by Gasteiger charge is -2.09. The van der Waals surface area contributed by atoms with Crippen LogP contribution in [0.3, 0.4) is 0 Å². The highest BCUT2D eigenvalue weighted by Gasteiger charge is 2.24. The Labute approximate surface area is 84.8 Å². The van der Waals surface area contributed by atoms with Gasteiger partial charge in [-0.25, -0.2) is 4.57 Å². The number of rotatable bonds is 4. The Morgan fingerprint density at radius 3 is 2.67 bits per heavy atom. The van der Waals surface area contributed by atoms with Gasteiger partial charge in [0.05, 0.1) is 17.2 Å². The highest BCUT2D eigenvalue weighted by molar-refractivity contribution is 7.47. The average molecular weight is 236 g/mol. The summed E-state index contributed by atoms with van der Waals surface area (Å²) in [6, 6.07) is 1.03. The average Bonchev–Trinajstić information content (AvgIpc) is 2.47. The molecule has 0 aromatic carbocycles. The van der Waals surface area contributed by atoms with Gasteiger partial charge >= 0.3 is 7.82 Å². The number of aromatic nitrogens is 1. The summed E-state index contributed by atoms with van der Waals surface area (Å²) in [5.74, 6) is -0.116. The molecule has 15 heavy (non-hydrogen) atoms. The fourth-order valence-electron chi connectivity index (χ4n) is 0.874. The minimum atomic E-state index is -4.18. The van der Waals surface area contributed by atoms with E-state index in [4.69, 9.17) is 4.89 Å². The number of nitro groups is 1. The Morgan fingerprint density at radius 2 is 2.27 bits per heavy atom. The fraction of sp³-hybridized carbons (Fsp3) is 0.333. The smallest absolute Gasteiger partial charge is 0.387 e. The number of phosphoric acid groups is 1. The van der Waals surface area contributed by atoms with E-state index in [0.29, 0.717) is 0 Å². The fourth-order valence-corrected chi connectivity index (χ4v) is 1.37. The Kier molecular flexibility index (Phi) is 3.13. The first kappa shape index (κ1) is 11.7. The molecular weight excluding hydrogens is 227 g/mol. The zero-order valence-electron chi connectivity index (χ0n) is 7.98. The van der Waals surface area contributed by atoms with Crippen LogP contribution in [0.15, 0.2) is 12.3 Å². The minimum absolute atomic E-state index is 0.116. The van der Waals surface area contributed by atoms with E-state index in [-0.39, 0.29) is 11.6 Å². The van der Waals surface area contributed by atoms with Gasteiger partial charge in [0.2, 0.25) is 5.88 Å². The van der Waals surface area contributed by atoms with E-state index < -0.39 is 12.7 Å². The molecule has 0 saturated carbocycles. The van der Waals surface area contributed by atoms with Crippen molar-refractivity contribution in [2.75, 3.05) is 7.11 Å². The zero-order chi connectivity index (χ0) is 11.6. The molecule has 1 rings (SSSR count). The summed E-state index contributed by atoms with van der Waals surface area (Å²) >= 11 is 0. The SMILES string of the molecule is COP(=O)(O)Oc1cc([N+](=O)[O-])cn1C. The number of hydrogen-bond acceptors (Lipinski definition) is 5. The van der Waals surface area contributed by atoms with Gasteiger partial charge in [-0.05, 0) is 0 Å². The van der Waals surface area contributed by atoms with Crippen LogP contribution in [0.2, 0.25) is 0 Å². The summed E-state index contributed by atoms with van der Waals surface area (Å²) in [6.45, 7) is 0. The third-order valence-corrected chi connectivity index (χ3v) is 2.47. The van der Waals surface area contributed by atoms with Crippen LogP contribution in [0, 0.1) is 10.1 Å². The maximum atomic E-state index is 11.0. The van der Waals surface area contributed by atoms with Gasteiger partial charge in [0, 0.05) is 14.2 Å². The second kappa shape index (κ2) is 4.01. The van der Waals surface area contributed by atoms with Gasteiger partial charge in [-0.2, -0.15) is 0 Å². The van der Waals surface area contributed by atoms with E-state index in [1.54, 1.807) is 0 Å². The summed E-state index contributed by atoms with van der Waals surface area (Å²) in [5, 5.41) is 10.4. The van der Waals surface area contributed by atoms with Crippen molar-refractivity contribution < 1.29 is 23.4 Å². The molecule has 1 atom stereocenters. The first-order valence-corrected chi connectivity index (χ1v) is 5.24.